The van der Waals surface area contributed by atoms with Gasteiger partial charge in [-0.2, -0.15) is 11.8 Å². The maximum absolute atomic E-state index is 12.1. The Hall–Kier alpha value is -0.310. The Morgan fingerprint density at radius 3 is 3.00 bits per heavy atom. The normalized spacial score (nSPS) is 21.2. The Morgan fingerprint density at radius 1 is 1.61 bits per heavy atom. The summed E-state index contributed by atoms with van der Waals surface area (Å²) < 4.78 is 24.2. The second-order valence-electron chi connectivity index (χ2n) is 3.94. The summed E-state index contributed by atoms with van der Waals surface area (Å²) in [6.07, 6.45) is 1.61. The first-order chi connectivity index (χ1) is 8.58. The molecule has 0 aliphatic carbocycles. The average molecular weight is 308 g/mol. The molecule has 1 aliphatic rings. The van der Waals surface area contributed by atoms with Gasteiger partial charge >= 0.3 is 0 Å². The molecule has 1 fully saturated rings. The smallest absolute Gasteiger partial charge is 0.186 e. The van der Waals surface area contributed by atoms with E-state index in [0.29, 0.717) is 17.4 Å². The minimum atomic E-state index is -3.11. The molecule has 0 amide bonds. The lowest BCUT2D eigenvalue weighted by Crippen LogP contribution is -2.47. The minimum absolute atomic E-state index is 0.0501. The van der Waals surface area contributed by atoms with E-state index in [4.69, 9.17) is 5.11 Å². The molecule has 1 atom stereocenters. The highest BCUT2D eigenvalue weighted by atomic mass is 32.2. The van der Waals surface area contributed by atoms with E-state index in [1.165, 1.54) is 11.3 Å². The lowest BCUT2D eigenvalue weighted by Gasteiger charge is -2.34. The molecule has 1 unspecified atom stereocenters. The minimum Gasteiger partial charge on any atom is -0.391 e. The highest BCUT2D eigenvalue weighted by Crippen LogP contribution is 2.30. The molecule has 102 valence electrons. The molecule has 0 bridgehead atoms. The number of aliphatic hydroxyl groups excluding tert-OH is 1. The fourth-order valence-corrected chi connectivity index (χ4v) is 5.68. The van der Waals surface area contributed by atoms with E-state index < -0.39 is 15.2 Å². The molecule has 1 aromatic heterocycles. The van der Waals surface area contributed by atoms with Crippen molar-refractivity contribution in [3.8, 4) is 0 Å². The zero-order chi connectivity index (χ0) is 13.2. The van der Waals surface area contributed by atoms with Gasteiger partial charge in [0, 0.05) is 30.0 Å². The number of hydrogen-bond donors (Lipinski definition) is 1. The molecule has 0 aromatic carbocycles. The maximum Gasteiger partial charge on any atom is 0.186 e. The predicted octanol–water partition coefficient (Wildman–Crippen LogP) is 0.949. The van der Waals surface area contributed by atoms with Crippen LogP contribution in [0.2, 0.25) is 0 Å². The van der Waals surface area contributed by atoms with Crippen LogP contribution in [0.4, 0.5) is 5.13 Å². The van der Waals surface area contributed by atoms with Gasteiger partial charge in [-0.15, -0.1) is 0 Å². The van der Waals surface area contributed by atoms with Crippen molar-refractivity contribution < 1.29 is 13.5 Å². The lowest BCUT2D eigenvalue weighted by atomic mass is 10.5. The van der Waals surface area contributed by atoms with Crippen LogP contribution in [0.1, 0.15) is 11.8 Å². The number of hydrogen-bond acceptors (Lipinski definition) is 7. The molecular formula is C10H16N2O3S3. The van der Waals surface area contributed by atoms with Crippen LogP contribution in [0, 0.1) is 0 Å². The zero-order valence-corrected chi connectivity index (χ0v) is 12.5. The lowest BCUT2D eigenvalue weighted by molar-refractivity contribution is 0.285. The second kappa shape index (κ2) is 5.77. The maximum atomic E-state index is 12.1. The average Bonchev–Trinajstić information content (AvgIpc) is 2.87. The summed E-state index contributed by atoms with van der Waals surface area (Å²) in [5.41, 5.74) is 0. The third-order valence-electron chi connectivity index (χ3n) is 2.84. The first kappa shape index (κ1) is 14.1. The number of anilines is 1. The van der Waals surface area contributed by atoms with Crippen LogP contribution >= 0.6 is 23.1 Å². The number of aromatic nitrogens is 1. The van der Waals surface area contributed by atoms with Gasteiger partial charge in [-0.05, 0) is 0 Å². The van der Waals surface area contributed by atoms with Gasteiger partial charge in [0.05, 0.1) is 11.5 Å². The molecule has 1 saturated heterocycles. The largest absolute Gasteiger partial charge is 0.391 e. The highest BCUT2D eigenvalue weighted by molar-refractivity contribution is 8.01. The fourth-order valence-electron chi connectivity index (χ4n) is 1.79. The number of rotatable bonds is 4. The summed E-state index contributed by atoms with van der Waals surface area (Å²) in [4.78, 5) is 6.84. The summed E-state index contributed by atoms with van der Waals surface area (Å²) in [5, 5.41) is 9.26. The molecular weight excluding hydrogens is 292 g/mol. The third-order valence-corrected chi connectivity index (χ3v) is 7.15. The molecule has 5 nitrogen and oxygen atoms in total. The van der Waals surface area contributed by atoms with Gasteiger partial charge in [-0.25, -0.2) is 13.4 Å². The third kappa shape index (κ3) is 2.81. The number of aliphatic hydroxyl groups is 1. The number of thioether (sulfide) groups is 1. The number of nitrogens with zero attached hydrogens (tertiary/aromatic N) is 2. The van der Waals surface area contributed by atoms with Crippen LogP contribution in [0.3, 0.4) is 0 Å². The van der Waals surface area contributed by atoms with Crippen molar-refractivity contribution in [1.29, 1.82) is 0 Å². The summed E-state index contributed by atoms with van der Waals surface area (Å²) in [6, 6.07) is 0. The highest BCUT2D eigenvalue weighted by Gasteiger charge is 2.34. The Balaban J connectivity index is 2.28. The SMILES string of the molecule is CCS(=O)(=O)C1CSCCN1c1ncc(CO)s1. The van der Waals surface area contributed by atoms with E-state index in [1.807, 2.05) is 4.90 Å². The van der Waals surface area contributed by atoms with E-state index in [2.05, 4.69) is 4.98 Å². The topological polar surface area (TPSA) is 70.5 Å². The van der Waals surface area contributed by atoms with Crippen LogP contribution in [-0.4, -0.2) is 47.7 Å². The van der Waals surface area contributed by atoms with Crippen molar-refractivity contribution in [2.75, 3.05) is 28.7 Å². The van der Waals surface area contributed by atoms with Crippen molar-refractivity contribution in [3.05, 3.63) is 11.1 Å². The van der Waals surface area contributed by atoms with E-state index in [1.54, 1.807) is 24.9 Å². The van der Waals surface area contributed by atoms with E-state index >= 15 is 0 Å². The second-order valence-corrected chi connectivity index (χ2v) is 8.63. The van der Waals surface area contributed by atoms with Gasteiger partial charge in [0.2, 0.25) is 0 Å². The molecule has 2 rings (SSSR count). The monoisotopic (exact) mass is 308 g/mol. The summed E-state index contributed by atoms with van der Waals surface area (Å²) >= 11 is 3.02. The van der Waals surface area contributed by atoms with Crippen molar-refractivity contribution in [3.63, 3.8) is 0 Å². The Labute approximate surface area is 115 Å². The van der Waals surface area contributed by atoms with Gasteiger partial charge in [-0.1, -0.05) is 18.3 Å². The predicted molar refractivity (Wildman–Crippen MR) is 76.0 cm³/mol. The number of sulfone groups is 1. The van der Waals surface area contributed by atoms with Crippen LogP contribution in [-0.2, 0) is 16.4 Å². The molecule has 1 N–H and O–H groups in total. The van der Waals surface area contributed by atoms with Crippen LogP contribution in [0.5, 0.6) is 0 Å². The first-order valence-electron chi connectivity index (χ1n) is 5.70. The van der Waals surface area contributed by atoms with Crippen LogP contribution < -0.4 is 4.90 Å². The molecule has 0 radical (unpaired) electrons. The van der Waals surface area contributed by atoms with Crippen molar-refractivity contribution in [1.82, 2.24) is 4.98 Å². The standard InChI is InChI=1S/C10H16N2O3S3/c1-2-18(14,15)9-7-16-4-3-12(9)10-11-5-8(6-13)17-10/h5,9,13H,2-4,6-7H2,1H3. The molecule has 0 saturated carbocycles. The summed E-state index contributed by atoms with van der Waals surface area (Å²) in [5.74, 6) is 1.64. The van der Waals surface area contributed by atoms with Crippen molar-refractivity contribution in [2.45, 2.75) is 18.9 Å². The first-order valence-corrected chi connectivity index (χ1v) is 9.38. The molecule has 1 aliphatic heterocycles. The van der Waals surface area contributed by atoms with Crippen LogP contribution in [0.15, 0.2) is 6.20 Å². The Kier molecular flexibility index (Phi) is 4.52. The summed E-state index contributed by atoms with van der Waals surface area (Å²) in [7, 11) is -3.11. The fraction of sp³-hybridized carbons (Fsp3) is 0.700. The quantitative estimate of drug-likeness (QED) is 0.893. The van der Waals surface area contributed by atoms with Gasteiger partial charge in [0.15, 0.2) is 15.0 Å². The Morgan fingerprint density at radius 2 is 2.39 bits per heavy atom. The van der Waals surface area contributed by atoms with Gasteiger partial charge in [0.1, 0.15) is 5.37 Å². The molecule has 0 spiro atoms. The van der Waals surface area contributed by atoms with Crippen molar-refractivity contribution >= 4 is 38.1 Å². The van der Waals surface area contributed by atoms with Crippen LogP contribution in [0.25, 0.3) is 0 Å². The van der Waals surface area contributed by atoms with Gasteiger partial charge in [0.25, 0.3) is 0 Å². The summed E-state index contributed by atoms with van der Waals surface area (Å²) in [6.45, 7) is 2.31. The van der Waals surface area contributed by atoms with Gasteiger partial charge in [-0.3, -0.25) is 0 Å². The molecule has 1 aromatic rings. The van der Waals surface area contributed by atoms with E-state index in [0.717, 1.165) is 10.6 Å². The molecule has 8 heteroatoms. The molecule has 18 heavy (non-hydrogen) atoms. The van der Waals surface area contributed by atoms with E-state index in [-0.39, 0.29) is 12.4 Å². The Bertz CT molecular complexity index is 500. The van der Waals surface area contributed by atoms with E-state index in [9.17, 15) is 8.42 Å². The molecule has 2 heterocycles. The zero-order valence-electron chi connectivity index (χ0n) is 10.1. The van der Waals surface area contributed by atoms with Gasteiger partial charge < -0.3 is 10.0 Å². The number of thiazole rings is 1. The van der Waals surface area contributed by atoms with Crippen molar-refractivity contribution in [2.24, 2.45) is 0 Å².